The van der Waals surface area contributed by atoms with Crippen molar-refractivity contribution >= 4 is 0 Å². The van der Waals surface area contributed by atoms with E-state index >= 15 is 0 Å². The van der Waals surface area contributed by atoms with Crippen molar-refractivity contribution in [3.8, 4) is 0 Å². The molecule has 0 radical (unpaired) electrons. The fourth-order valence-corrected chi connectivity index (χ4v) is 4.80. The quantitative estimate of drug-likeness (QED) is 0.610. The molecule has 0 aliphatic heterocycles. The topological polar surface area (TPSA) is 24.1 Å². The number of fused-ring (bicyclic) bond motifs is 2. The van der Waals surface area contributed by atoms with Gasteiger partial charge >= 0.3 is 0 Å². The van der Waals surface area contributed by atoms with Crippen LogP contribution in [0, 0.1) is 0 Å². The molecule has 0 atom stereocenters. The maximum atomic E-state index is 3.76. The monoisotopic (exact) mass is 362 g/mol. The van der Waals surface area contributed by atoms with Crippen LogP contribution in [0.2, 0.25) is 0 Å². The molecule has 4 rings (SSSR count). The van der Waals surface area contributed by atoms with E-state index in [2.05, 4.69) is 59.2 Å². The van der Waals surface area contributed by atoms with Gasteiger partial charge < -0.3 is 10.6 Å². The fraction of sp³-hybridized carbons (Fsp3) is 0.520. The van der Waals surface area contributed by atoms with Gasteiger partial charge in [-0.3, -0.25) is 0 Å². The third-order valence-electron chi connectivity index (χ3n) is 6.32. The van der Waals surface area contributed by atoms with Gasteiger partial charge in [0.2, 0.25) is 0 Å². The van der Waals surface area contributed by atoms with E-state index in [0.29, 0.717) is 12.1 Å². The summed E-state index contributed by atoms with van der Waals surface area (Å²) in [7, 11) is 0. The summed E-state index contributed by atoms with van der Waals surface area (Å²) in [5, 5.41) is 7.53. The van der Waals surface area contributed by atoms with Crippen LogP contribution < -0.4 is 10.6 Å². The number of nitrogens with one attached hydrogen (secondary N) is 2. The molecule has 0 bridgehead atoms. The first-order chi connectivity index (χ1) is 13.4. The van der Waals surface area contributed by atoms with Crippen LogP contribution >= 0.6 is 0 Å². The molecule has 2 heteroatoms. The summed E-state index contributed by atoms with van der Waals surface area (Å²) >= 11 is 0. The number of benzene rings is 2. The van der Waals surface area contributed by atoms with Gasteiger partial charge in [0.05, 0.1) is 0 Å². The Morgan fingerprint density at radius 3 is 1.22 bits per heavy atom. The van der Waals surface area contributed by atoms with E-state index in [9.17, 15) is 0 Å². The first-order valence-electron chi connectivity index (χ1n) is 11.0. The SMILES string of the molecule is c1ccc2c(c1)CC(NCCCCCCCNC1Cc3ccccc3C1)C2. The Bertz CT molecular complexity index is 612. The van der Waals surface area contributed by atoms with E-state index in [-0.39, 0.29) is 0 Å². The van der Waals surface area contributed by atoms with Crippen molar-refractivity contribution in [2.24, 2.45) is 0 Å². The van der Waals surface area contributed by atoms with Gasteiger partial charge in [-0.1, -0.05) is 67.8 Å². The van der Waals surface area contributed by atoms with Gasteiger partial charge in [-0.15, -0.1) is 0 Å². The molecule has 2 aromatic carbocycles. The van der Waals surface area contributed by atoms with Gasteiger partial charge in [0.15, 0.2) is 0 Å². The van der Waals surface area contributed by atoms with Gasteiger partial charge in [-0.2, -0.15) is 0 Å². The molecular weight excluding hydrogens is 328 g/mol. The van der Waals surface area contributed by atoms with Gasteiger partial charge in [0, 0.05) is 12.1 Å². The van der Waals surface area contributed by atoms with Crippen molar-refractivity contribution < 1.29 is 0 Å². The van der Waals surface area contributed by atoms with Crippen molar-refractivity contribution in [2.45, 2.75) is 69.9 Å². The van der Waals surface area contributed by atoms with Crippen molar-refractivity contribution in [2.75, 3.05) is 13.1 Å². The van der Waals surface area contributed by atoms with E-state index in [1.165, 1.54) is 70.9 Å². The molecule has 2 aliphatic rings. The molecule has 0 aromatic heterocycles. The minimum Gasteiger partial charge on any atom is -0.313 e. The molecule has 144 valence electrons. The number of hydrogen-bond donors (Lipinski definition) is 2. The van der Waals surface area contributed by atoms with E-state index in [1.807, 2.05) is 0 Å². The van der Waals surface area contributed by atoms with Gasteiger partial charge in [0.1, 0.15) is 0 Å². The second-order valence-electron chi connectivity index (χ2n) is 8.42. The summed E-state index contributed by atoms with van der Waals surface area (Å²) in [6.07, 6.45) is 11.6. The van der Waals surface area contributed by atoms with Gasteiger partial charge in [-0.05, 0) is 73.9 Å². The molecule has 0 heterocycles. The molecule has 0 fully saturated rings. The van der Waals surface area contributed by atoms with Crippen LogP contribution in [-0.4, -0.2) is 25.2 Å². The zero-order chi connectivity index (χ0) is 18.3. The van der Waals surface area contributed by atoms with Crippen LogP contribution in [-0.2, 0) is 25.7 Å². The molecule has 0 saturated heterocycles. The summed E-state index contributed by atoms with van der Waals surface area (Å²) < 4.78 is 0. The lowest BCUT2D eigenvalue weighted by atomic mass is 10.1. The molecule has 0 amide bonds. The summed E-state index contributed by atoms with van der Waals surface area (Å²) in [6, 6.07) is 19.2. The standard InChI is InChI=1S/C25H34N2/c1(2-8-14-26-24-16-20-10-4-5-11-21(20)17-24)3-9-15-27-25-18-22-12-6-7-13-23(22)19-25/h4-7,10-13,24-27H,1-3,8-9,14-19H2. The van der Waals surface area contributed by atoms with Gasteiger partial charge in [-0.25, -0.2) is 0 Å². The predicted molar refractivity (Wildman–Crippen MR) is 114 cm³/mol. The second-order valence-corrected chi connectivity index (χ2v) is 8.42. The molecule has 2 N–H and O–H groups in total. The number of rotatable bonds is 10. The highest BCUT2D eigenvalue weighted by Gasteiger charge is 2.20. The third-order valence-corrected chi connectivity index (χ3v) is 6.32. The van der Waals surface area contributed by atoms with E-state index < -0.39 is 0 Å². The Morgan fingerprint density at radius 1 is 0.519 bits per heavy atom. The first-order valence-corrected chi connectivity index (χ1v) is 11.0. The van der Waals surface area contributed by atoms with Crippen LogP contribution in [0.25, 0.3) is 0 Å². The van der Waals surface area contributed by atoms with Crippen molar-refractivity contribution in [3.63, 3.8) is 0 Å². The van der Waals surface area contributed by atoms with Crippen LogP contribution in [0.4, 0.5) is 0 Å². The first kappa shape index (κ1) is 18.7. The van der Waals surface area contributed by atoms with E-state index in [0.717, 1.165) is 0 Å². The highest BCUT2D eigenvalue weighted by Crippen LogP contribution is 2.22. The number of hydrogen-bond acceptors (Lipinski definition) is 2. The molecule has 27 heavy (non-hydrogen) atoms. The largest absolute Gasteiger partial charge is 0.313 e. The Morgan fingerprint density at radius 2 is 0.852 bits per heavy atom. The lowest BCUT2D eigenvalue weighted by molar-refractivity contribution is 0.487. The lowest BCUT2D eigenvalue weighted by Crippen LogP contribution is -2.30. The zero-order valence-corrected chi connectivity index (χ0v) is 16.6. The molecule has 0 saturated carbocycles. The Kier molecular flexibility index (Phi) is 6.60. The zero-order valence-electron chi connectivity index (χ0n) is 16.6. The van der Waals surface area contributed by atoms with E-state index in [4.69, 9.17) is 0 Å². The van der Waals surface area contributed by atoms with Crippen molar-refractivity contribution in [3.05, 3.63) is 70.8 Å². The highest BCUT2D eigenvalue weighted by molar-refractivity contribution is 5.34. The highest BCUT2D eigenvalue weighted by atomic mass is 14.9. The Balaban J connectivity index is 0.986. The molecule has 2 nitrogen and oxygen atoms in total. The molecule has 0 spiro atoms. The van der Waals surface area contributed by atoms with Crippen LogP contribution in [0.15, 0.2) is 48.5 Å². The summed E-state index contributed by atoms with van der Waals surface area (Å²) in [4.78, 5) is 0. The summed E-state index contributed by atoms with van der Waals surface area (Å²) in [5.74, 6) is 0. The molecule has 2 aliphatic carbocycles. The number of unbranched alkanes of at least 4 members (excludes halogenated alkanes) is 4. The van der Waals surface area contributed by atoms with Crippen LogP contribution in [0.5, 0.6) is 0 Å². The minimum absolute atomic E-state index is 0.669. The van der Waals surface area contributed by atoms with E-state index in [1.54, 1.807) is 22.3 Å². The lowest BCUT2D eigenvalue weighted by Gasteiger charge is -2.12. The molecule has 2 aromatic rings. The summed E-state index contributed by atoms with van der Waals surface area (Å²) in [6.45, 7) is 2.36. The minimum atomic E-state index is 0.669. The smallest absolute Gasteiger partial charge is 0.0148 e. The molecule has 0 unspecified atom stereocenters. The fourth-order valence-electron chi connectivity index (χ4n) is 4.80. The normalized spacial score (nSPS) is 16.6. The maximum absolute atomic E-state index is 3.76. The van der Waals surface area contributed by atoms with Crippen LogP contribution in [0.1, 0.15) is 54.4 Å². The Labute approximate surface area is 164 Å². The van der Waals surface area contributed by atoms with Crippen LogP contribution in [0.3, 0.4) is 0 Å². The van der Waals surface area contributed by atoms with Crippen molar-refractivity contribution in [1.82, 2.24) is 10.6 Å². The predicted octanol–water partition coefficient (Wildman–Crippen LogP) is 4.45. The average molecular weight is 363 g/mol. The second kappa shape index (κ2) is 9.52. The maximum Gasteiger partial charge on any atom is 0.0148 e. The van der Waals surface area contributed by atoms with Crippen molar-refractivity contribution in [1.29, 1.82) is 0 Å². The Hall–Kier alpha value is -1.64. The van der Waals surface area contributed by atoms with Gasteiger partial charge in [0.25, 0.3) is 0 Å². The average Bonchev–Trinajstić information content (AvgIpc) is 3.29. The molecular formula is C25H34N2. The third kappa shape index (κ3) is 5.21. The summed E-state index contributed by atoms with van der Waals surface area (Å²) in [5.41, 5.74) is 6.20.